The first-order valence-electron chi connectivity index (χ1n) is 13.2. The predicted octanol–water partition coefficient (Wildman–Crippen LogP) is 3.41. The van der Waals surface area contributed by atoms with Gasteiger partial charge < -0.3 is 23.7 Å². The number of allylic oxidation sites excluding steroid dienone is 1. The fraction of sp³-hybridized carbons (Fsp3) is 0.290. The summed E-state index contributed by atoms with van der Waals surface area (Å²) in [5.74, 6) is 2.32. The summed E-state index contributed by atoms with van der Waals surface area (Å²) >= 11 is 7.40. The number of halogens is 1. The first kappa shape index (κ1) is 31.4. The lowest BCUT2D eigenvalue weighted by Crippen LogP contribution is -2.40. The number of hydrogen-bond acceptors (Lipinski definition) is 10. The molecule has 0 fully saturated rings. The maximum Gasteiger partial charge on any atom is 0.343 e. The van der Waals surface area contributed by atoms with Gasteiger partial charge in [0, 0.05) is 10.6 Å². The van der Waals surface area contributed by atoms with E-state index in [4.69, 9.17) is 37.0 Å². The fourth-order valence-electron chi connectivity index (χ4n) is 4.41. The van der Waals surface area contributed by atoms with Crippen LogP contribution in [0.3, 0.4) is 0 Å². The molecule has 1 aliphatic rings. The standard InChI is InChI=1S/C31H29ClN2O8S/c1-6-13-41-22-12-10-21(32)14-20(22)16-25-29(36)34-28(27(30(37)40-8-3)18(4)33-31(34)43-25)19-9-11-23(24(15-19)39-7-2)42-17-26(35)38-5/h1,9-12,14-16,28H,7-8,13,17H2,2-5H3/b25-16+/t28-/m1/s1. The molecule has 2 heterocycles. The van der Waals surface area contributed by atoms with E-state index in [9.17, 15) is 14.4 Å². The quantitative estimate of drug-likeness (QED) is 0.236. The number of nitrogens with zero attached hydrogens (tertiary/aromatic N) is 2. The Hall–Kier alpha value is -4.53. The van der Waals surface area contributed by atoms with Gasteiger partial charge in [0.1, 0.15) is 12.4 Å². The molecule has 3 aromatic rings. The predicted molar refractivity (Wildman–Crippen MR) is 161 cm³/mol. The molecule has 43 heavy (non-hydrogen) atoms. The van der Waals surface area contributed by atoms with Gasteiger partial charge in [-0.05, 0) is 62.7 Å². The highest BCUT2D eigenvalue weighted by Gasteiger charge is 2.34. The van der Waals surface area contributed by atoms with Crippen LogP contribution in [0.2, 0.25) is 5.02 Å². The molecule has 0 unspecified atom stereocenters. The minimum Gasteiger partial charge on any atom is -0.490 e. The monoisotopic (exact) mass is 624 g/mol. The van der Waals surface area contributed by atoms with E-state index in [1.54, 1.807) is 63.2 Å². The lowest BCUT2D eigenvalue weighted by molar-refractivity contribution is -0.143. The van der Waals surface area contributed by atoms with E-state index in [0.29, 0.717) is 55.0 Å². The Morgan fingerprint density at radius 2 is 1.86 bits per heavy atom. The Labute approximate surface area is 256 Å². The number of esters is 2. The van der Waals surface area contributed by atoms with Crippen LogP contribution in [-0.2, 0) is 19.1 Å². The third-order valence-electron chi connectivity index (χ3n) is 6.24. The zero-order valence-corrected chi connectivity index (χ0v) is 25.5. The Morgan fingerprint density at radius 3 is 2.56 bits per heavy atom. The zero-order chi connectivity index (χ0) is 31.1. The van der Waals surface area contributed by atoms with Gasteiger partial charge in [0.05, 0.1) is 42.2 Å². The number of thiazole rings is 1. The molecule has 0 radical (unpaired) electrons. The van der Waals surface area contributed by atoms with Crippen molar-refractivity contribution < 1.29 is 33.3 Å². The number of hydrogen-bond donors (Lipinski definition) is 0. The Morgan fingerprint density at radius 1 is 1.09 bits per heavy atom. The van der Waals surface area contributed by atoms with Crippen molar-refractivity contribution >= 4 is 41.0 Å². The number of rotatable bonds is 11. The van der Waals surface area contributed by atoms with Crippen molar-refractivity contribution in [2.24, 2.45) is 4.99 Å². The van der Waals surface area contributed by atoms with Gasteiger partial charge in [-0.1, -0.05) is 34.9 Å². The van der Waals surface area contributed by atoms with E-state index in [-0.39, 0.29) is 25.4 Å². The normalized spacial score (nSPS) is 14.3. The highest BCUT2D eigenvalue weighted by Crippen LogP contribution is 2.36. The zero-order valence-electron chi connectivity index (χ0n) is 24.0. The Bertz CT molecular complexity index is 1800. The highest BCUT2D eigenvalue weighted by molar-refractivity contribution is 7.07. The summed E-state index contributed by atoms with van der Waals surface area (Å²) in [7, 11) is 1.26. The van der Waals surface area contributed by atoms with E-state index >= 15 is 0 Å². The summed E-state index contributed by atoms with van der Waals surface area (Å²) in [5.41, 5.74) is 1.31. The van der Waals surface area contributed by atoms with Crippen molar-refractivity contribution in [2.45, 2.75) is 26.8 Å². The van der Waals surface area contributed by atoms with Gasteiger partial charge in [0.25, 0.3) is 5.56 Å². The minimum atomic E-state index is -0.900. The molecule has 0 aliphatic carbocycles. The number of fused-ring (bicyclic) bond motifs is 1. The largest absolute Gasteiger partial charge is 0.490 e. The van der Waals surface area contributed by atoms with Crippen LogP contribution in [0.5, 0.6) is 17.2 Å². The van der Waals surface area contributed by atoms with E-state index in [0.717, 1.165) is 11.3 Å². The lowest BCUT2D eigenvalue weighted by Gasteiger charge is -2.25. The van der Waals surface area contributed by atoms with Crippen LogP contribution in [0.25, 0.3) is 6.08 Å². The van der Waals surface area contributed by atoms with Crippen LogP contribution in [0, 0.1) is 12.3 Å². The van der Waals surface area contributed by atoms with Gasteiger partial charge in [-0.2, -0.15) is 0 Å². The average Bonchev–Trinajstić information content (AvgIpc) is 3.29. The number of methoxy groups -OCH3 is 1. The second-order valence-electron chi connectivity index (χ2n) is 8.98. The SMILES string of the molecule is C#CCOc1ccc(Cl)cc1/C=c1/sc2n(c1=O)[C@H](c1ccc(OCC(=O)OC)c(OCC)c1)C(C(=O)OCC)=C(C)N=2. The van der Waals surface area contributed by atoms with E-state index in [2.05, 4.69) is 15.6 Å². The highest BCUT2D eigenvalue weighted by atomic mass is 35.5. The summed E-state index contributed by atoms with van der Waals surface area (Å²) < 4.78 is 28.9. The number of benzene rings is 2. The first-order chi connectivity index (χ1) is 20.7. The Balaban J connectivity index is 1.91. The number of terminal acetylenes is 1. The molecule has 12 heteroatoms. The smallest absolute Gasteiger partial charge is 0.343 e. The van der Waals surface area contributed by atoms with Gasteiger partial charge in [-0.25, -0.2) is 14.6 Å². The van der Waals surface area contributed by atoms with Crippen molar-refractivity contribution in [2.75, 3.05) is 33.5 Å². The topological polar surface area (TPSA) is 115 Å². The van der Waals surface area contributed by atoms with Gasteiger partial charge >= 0.3 is 11.9 Å². The maximum absolute atomic E-state index is 14.0. The van der Waals surface area contributed by atoms with Gasteiger partial charge in [0.2, 0.25) is 0 Å². The second-order valence-corrected chi connectivity index (χ2v) is 10.4. The molecule has 0 saturated carbocycles. The van der Waals surface area contributed by atoms with Crippen LogP contribution in [0.4, 0.5) is 0 Å². The van der Waals surface area contributed by atoms with Crippen LogP contribution in [-0.4, -0.2) is 50.0 Å². The summed E-state index contributed by atoms with van der Waals surface area (Å²) in [5, 5.41) is 0.448. The average molecular weight is 625 g/mol. The van der Waals surface area contributed by atoms with Crippen LogP contribution in [0.1, 0.15) is 37.9 Å². The van der Waals surface area contributed by atoms with Crippen molar-refractivity contribution in [3.05, 3.63) is 83.5 Å². The van der Waals surface area contributed by atoms with Crippen LogP contribution >= 0.6 is 22.9 Å². The van der Waals surface area contributed by atoms with Crippen LogP contribution < -0.4 is 29.1 Å². The van der Waals surface area contributed by atoms with E-state index < -0.39 is 23.5 Å². The van der Waals surface area contributed by atoms with E-state index in [1.807, 2.05) is 0 Å². The number of aromatic nitrogens is 1. The molecule has 0 saturated heterocycles. The second kappa shape index (κ2) is 14.1. The lowest BCUT2D eigenvalue weighted by atomic mass is 9.95. The molecule has 0 N–H and O–H groups in total. The molecular weight excluding hydrogens is 596 g/mol. The molecule has 1 aromatic heterocycles. The fourth-order valence-corrected chi connectivity index (χ4v) is 5.63. The van der Waals surface area contributed by atoms with Gasteiger partial charge in [0.15, 0.2) is 22.9 Å². The maximum atomic E-state index is 14.0. The van der Waals surface area contributed by atoms with E-state index in [1.165, 1.54) is 11.7 Å². The molecule has 4 rings (SSSR count). The molecule has 224 valence electrons. The first-order valence-corrected chi connectivity index (χ1v) is 14.4. The number of carbonyl (C=O) groups excluding carboxylic acids is 2. The molecule has 0 amide bonds. The third-order valence-corrected chi connectivity index (χ3v) is 7.46. The molecule has 10 nitrogen and oxygen atoms in total. The van der Waals surface area contributed by atoms with Gasteiger partial charge in [-0.3, -0.25) is 9.36 Å². The summed E-state index contributed by atoms with van der Waals surface area (Å²) in [6.07, 6.45) is 7.01. The summed E-state index contributed by atoms with van der Waals surface area (Å²) in [6.45, 7) is 5.32. The molecule has 1 atom stereocenters. The summed E-state index contributed by atoms with van der Waals surface area (Å²) in [4.78, 5) is 43.9. The number of ether oxygens (including phenoxy) is 5. The molecular formula is C31H29ClN2O8S. The molecule has 0 bridgehead atoms. The van der Waals surface area contributed by atoms with Crippen molar-refractivity contribution in [1.82, 2.24) is 4.57 Å². The van der Waals surface area contributed by atoms with Crippen LogP contribution in [0.15, 0.2) is 57.5 Å². The third kappa shape index (κ3) is 6.93. The van der Waals surface area contributed by atoms with Crippen molar-refractivity contribution in [1.29, 1.82) is 0 Å². The molecule has 2 aromatic carbocycles. The molecule has 0 spiro atoms. The number of carbonyl (C=O) groups is 2. The van der Waals surface area contributed by atoms with Gasteiger partial charge in [-0.15, -0.1) is 6.42 Å². The van der Waals surface area contributed by atoms with Crippen molar-refractivity contribution in [3.63, 3.8) is 0 Å². The van der Waals surface area contributed by atoms with Crippen molar-refractivity contribution in [3.8, 4) is 29.6 Å². The Kier molecular flexibility index (Phi) is 10.3. The minimum absolute atomic E-state index is 0.0350. The summed E-state index contributed by atoms with van der Waals surface area (Å²) in [6, 6.07) is 9.07. The molecule has 1 aliphatic heterocycles.